The first kappa shape index (κ1) is 13.3. The van der Waals surface area contributed by atoms with Gasteiger partial charge >= 0.3 is 0 Å². The van der Waals surface area contributed by atoms with E-state index in [1.54, 1.807) is 0 Å². The number of carbonyl (C=O) groups excluding carboxylic acids is 1. The van der Waals surface area contributed by atoms with E-state index in [-0.39, 0.29) is 5.69 Å². The summed E-state index contributed by atoms with van der Waals surface area (Å²) >= 11 is 0. The van der Waals surface area contributed by atoms with Gasteiger partial charge in [-0.3, -0.25) is 10.2 Å². The van der Waals surface area contributed by atoms with E-state index in [9.17, 15) is 4.79 Å². The van der Waals surface area contributed by atoms with Crippen molar-refractivity contribution >= 4 is 5.91 Å². The van der Waals surface area contributed by atoms with Crippen LogP contribution < -0.4 is 11.3 Å². The molecule has 0 radical (unpaired) electrons. The molecule has 0 unspecified atom stereocenters. The van der Waals surface area contributed by atoms with Gasteiger partial charge in [0.2, 0.25) is 0 Å². The van der Waals surface area contributed by atoms with Gasteiger partial charge < -0.3 is 4.74 Å². The van der Waals surface area contributed by atoms with Gasteiger partial charge in [0.25, 0.3) is 5.91 Å². The van der Waals surface area contributed by atoms with Gasteiger partial charge in [-0.25, -0.2) is 10.5 Å². The predicted molar refractivity (Wildman–Crippen MR) is 61.9 cm³/mol. The van der Waals surface area contributed by atoms with Crippen LogP contribution in [0.3, 0.4) is 0 Å². The second kappa shape index (κ2) is 7.53. The van der Waals surface area contributed by atoms with Crippen molar-refractivity contribution in [2.24, 2.45) is 5.84 Å². The number of nitrogens with two attached hydrogens (primary N) is 1. The Morgan fingerprint density at radius 1 is 1.65 bits per heavy atom. The average Bonchev–Trinajstić information content (AvgIpc) is 2.81. The molecule has 0 aliphatic carbocycles. The fourth-order valence-corrected chi connectivity index (χ4v) is 1.18. The summed E-state index contributed by atoms with van der Waals surface area (Å²) in [6.45, 7) is 5.41. The summed E-state index contributed by atoms with van der Waals surface area (Å²) in [4.78, 5) is 11.1. The van der Waals surface area contributed by atoms with E-state index in [1.165, 1.54) is 10.9 Å². The Hall–Kier alpha value is -1.73. The number of nitrogens with one attached hydrogen (secondary N) is 1. The molecule has 0 saturated carbocycles. The zero-order valence-corrected chi connectivity index (χ0v) is 9.63. The minimum Gasteiger partial charge on any atom is -0.380 e. The summed E-state index contributed by atoms with van der Waals surface area (Å²) in [7, 11) is 0. The first-order valence-electron chi connectivity index (χ1n) is 5.37. The van der Waals surface area contributed by atoms with Crippen LogP contribution in [0.4, 0.5) is 0 Å². The van der Waals surface area contributed by atoms with Crippen molar-refractivity contribution in [2.75, 3.05) is 13.2 Å². The summed E-state index contributed by atoms with van der Waals surface area (Å²) in [5, 5.41) is 7.44. The highest BCUT2D eigenvalue weighted by Gasteiger charge is 2.08. The van der Waals surface area contributed by atoms with Gasteiger partial charge in [-0.15, -0.1) is 11.7 Å². The minimum absolute atomic E-state index is 0.194. The van der Waals surface area contributed by atoms with Crippen LogP contribution in [-0.4, -0.2) is 34.1 Å². The highest BCUT2D eigenvalue weighted by atomic mass is 16.5. The molecule has 3 N–H and O–H groups in total. The number of hydrogen-bond acceptors (Lipinski definition) is 5. The smallest absolute Gasteiger partial charge is 0.287 e. The van der Waals surface area contributed by atoms with Crippen molar-refractivity contribution < 1.29 is 9.53 Å². The number of hydrogen-bond donors (Lipinski definition) is 2. The third-order valence-corrected chi connectivity index (χ3v) is 2.06. The maximum absolute atomic E-state index is 11.1. The SMILES string of the molecule is C=CCCCOCCn1cc(C(=O)NN)nn1. The Balaban J connectivity index is 2.21. The lowest BCUT2D eigenvalue weighted by Crippen LogP contribution is -2.30. The van der Waals surface area contributed by atoms with Crippen LogP contribution >= 0.6 is 0 Å². The number of hydrazine groups is 1. The summed E-state index contributed by atoms with van der Waals surface area (Å²) in [5.74, 6) is 4.52. The molecule has 0 saturated heterocycles. The van der Waals surface area contributed by atoms with Crippen molar-refractivity contribution in [3.05, 3.63) is 24.5 Å². The van der Waals surface area contributed by atoms with Gasteiger partial charge in [-0.2, -0.15) is 0 Å². The van der Waals surface area contributed by atoms with Crippen molar-refractivity contribution in [2.45, 2.75) is 19.4 Å². The number of nitrogens with zero attached hydrogens (tertiary/aromatic N) is 3. The molecule has 0 aromatic carbocycles. The van der Waals surface area contributed by atoms with E-state index >= 15 is 0 Å². The average molecular weight is 239 g/mol. The van der Waals surface area contributed by atoms with Crippen LogP contribution in [0, 0.1) is 0 Å². The standard InChI is InChI=1S/C10H17N5O2/c1-2-3-4-6-17-7-5-15-8-9(13-14-15)10(16)12-11/h2,8H,1,3-7,11H2,(H,12,16). The molecule has 7 nitrogen and oxygen atoms in total. The number of amides is 1. The molecule has 0 aliphatic heterocycles. The van der Waals surface area contributed by atoms with Gasteiger partial charge in [0.05, 0.1) is 19.3 Å². The summed E-state index contributed by atoms with van der Waals surface area (Å²) in [6, 6.07) is 0. The molecule has 94 valence electrons. The number of ether oxygens (including phenoxy) is 1. The Morgan fingerprint density at radius 2 is 2.47 bits per heavy atom. The molecule has 1 rings (SSSR count). The maximum atomic E-state index is 11.1. The largest absolute Gasteiger partial charge is 0.380 e. The van der Waals surface area contributed by atoms with Gasteiger partial charge in [-0.05, 0) is 12.8 Å². The summed E-state index contributed by atoms with van der Waals surface area (Å²) in [6.07, 6.45) is 5.29. The zero-order valence-electron chi connectivity index (χ0n) is 9.63. The molecule has 1 aromatic heterocycles. The Morgan fingerprint density at radius 3 is 3.18 bits per heavy atom. The Kier molecular flexibility index (Phi) is 5.91. The van der Waals surface area contributed by atoms with E-state index in [2.05, 4.69) is 16.9 Å². The van der Waals surface area contributed by atoms with Crippen molar-refractivity contribution in [3.63, 3.8) is 0 Å². The van der Waals surface area contributed by atoms with Crippen molar-refractivity contribution in [1.82, 2.24) is 20.4 Å². The maximum Gasteiger partial charge on any atom is 0.287 e. The van der Waals surface area contributed by atoms with Crippen LogP contribution in [0.2, 0.25) is 0 Å². The van der Waals surface area contributed by atoms with Gasteiger partial charge in [0, 0.05) is 6.61 Å². The molecule has 0 aliphatic rings. The number of aromatic nitrogens is 3. The predicted octanol–water partition coefficient (Wildman–Crippen LogP) is -0.136. The first-order valence-corrected chi connectivity index (χ1v) is 5.37. The molecule has 7 heteroatoms. The molecule has 1 amide bonds. The van der Waals surface area contributed by atoms with Gasteiger partial charge in [0.15, 0.2) is 5.69 Å². The number of carbonyl (C=O) groups is 1. The molecular weight excluding hydrogens is 222 g/mol. The molecule has 0 bridgehead atoms. The molecule has 17 heavy (non-hydrogen) atoms. The normalized spacial score (nSPS) is 10.2. The van der Waals surface area contributed by atoms with E-state index in [0.717, 1.165) is 12.8 Å². The van der Waals surface area contributed by atoms with E-state index in [0.29, 0.717) is 19.8 Å². The van der Waals surface area contributed by atoms with E-state index in [4.69, 9.17) is 10.6 Å². The molecule has 1 aromatic rings. The first-order chi connectivity index (χ1) is 8.27. The minimum atomic E-state index is -0.455. The highest BCUT2D eigenvalue weighted by Crippen LogP contribution is 1.94. The Labute approximate surface area is 99.6 Å². The molecule has 0 spiro atoms. The van der Waals surface area contributed by atoms with Crippen molar-refractivity contribution in [3.8, 4) is 0 Å². The highest BCUT2D eigenvalue weighted by molar-refractivity contribution is 5.91. The van der Waals surface area contributed by atoms with E-state index < -0.39 is 5.91 Å². The zero-order chi connectivity index (χ0) is 12.5. The molecule has 0 fully saturated rings. The Bertz CT molecular complexity index is 363. The number of rotatable bonds is 8. The number of allylic oxidation sites excluding steroid dienone is 1. The third-order valence-electron chi connectivity index (χ3n) is 2.06. The molecule has 1 heterocycles. The second-order valence-electron chi connectivity index (χ2n) is 3.38. The fraction of sp³-hybridized carbons (Fsp3) is 0.500. The lowest BCUT2D eigenvalue weighted by Gasteiger charge is -2.02. The van der Waals surface area contributed by atoms with Crippen LogP contribution in [0.5, 0.6) is 0 Å². The number of nitrogen functional groups attached to an aromatic ring is 1. The summed E-state index contributed by atoms with van der Waals surface area (Å²) < 4.78 is 6.91. The van der Waals surface area contributed by atoms with Crippen LogP contribution in [0.25, 0.3) is 0 Å². The third kappa shape index (κ3) is 4.75. The molecule has 0 atom stereocenters. The quantitative estimate of drug-likeness (QED) is 0.216. The summed E-state index contributed by atoms with van der Waals surface area (Å²) in [5.41, 5.74) is 2.18. The van der Waals surface area contributed by atoms with E-state index in [1.807, 2.05) is 11.5 Å². The van der Waals surface area contributed by atoms with Crippen LogP contribution in [0.1, 0.15) is 23.3 Å². The van der Waals surface area contributed by atoms with Crippen LogP contribution in [0.15, 0.2) is 18.9 Å². The second-order valence-corrected chi connectivity index (χ2v) is 3.38. The van der Waals surface area contributed by atoms with Gasteiger partial charge in [0.1, 0.15) is 0 Å². The lowest BCUT2D eigenvalue weighted by atomic mass is 10.3. The van der Waals surface area contributed by atoms with Gasteiger partial charge in [-0.1, -0.05) is 11.3 Å². The van der Waals surface area contributed by atoms with Crippen molar-refractivity contribution in [1.29, 1.82) is 0 Å². The topological polar surface area (TPSA) is 95.1 Å². The number of unbranched alkanes of at least 4 members (excludes halogenated alkanes) is 1. The molecular formula is C10H17N5O2. The fourth-order valence-electron chi connectivity index (χ4n) is 1.18. The van der Waals surface area contributed by atoms with Crippen LogP contribution in [-0.2, 0) is 11.3 Å². The lowest BCUT2D eigenvalue weighted by molar-refractivity contribution is 0.0948. The monoisotopic (exact) mass is 239 g/mol.